The van der Waals surface area contributed by atoms with Crippen LogP contribution in [0.1, 0.15) is 34.5 Å². The highest BCUT2D eigenvalue weighted by molar-refractivity contribution is 7.87. The van der Waals surface area contributed by atoms with Crippen molar-refractivity contribution >= 4 is 48.7 Å². The predicted octanol–water partition coefficient (Wildman–Crippen LogP) is 6.68. The number of carbonyl (C=O) groups is 1. The molecule has 0 aliphatic heterocycles. The fourth-order valence-corrected chi connectivity index (χ4v) is 5.26. The van der Waals surface area contributed by atoms with Crippen LogP contribution >= 0.6 is 23.2 Å². The fourth-order valence-electron chi connectivity index (χ4n) is 3.39. The Kier molecular flexibility index (Phi) is 11.7. The van der Waals surface area contributed by atoms with E-state index >= 15 is 0 Å². The van der Waals surface area contributed by atoms with E-state index in [4.69, 9.17) is 31.9 Å². The van der Waals surface area contributed by atoms with Crippen LogP contribution in [0.5, 0.6) is 5.75 Å². The summed E-state index contributed by atoms with van der Waals surface area (Å²) in [6, 6.07) is 10.7. The molecule has 0 fully saturated rings. The molecule has 0 aliphatic rings. The van der Waals surface area contributed by atoms with Gasteiger partial charge in [-0.2, -0.15) is 48.3 Å². The number of halogens is 8. The molecule has 9 nitrogen and oxygen atoms in total. The summed E-state index contributed by atoms with van der Waals surface area (Å²) in [5.41, 5.74) is 2.98. The van der Waals surface area contributed by atoms with Crippen LogP contribution in [0.4, 0.5) is 26.3 Å². The molecule has 3 aromatic rings. The molecular formula is C24H22Cl2F6N2O7S2. The van der Waals surface area contributed by atoms with Crippen LogP contribution in [0.15, 0.2) is 42.5 Å². The third kappa shape index (κ3) is 12.0. The van der Waals surface area contributed by atoms with Crippen molar-refractivity contribution in [3.8, 4) is 22.7 Å². The lowest BCUT2D eigenvalue weighted by Crippen LogP contribution is -2.20. The van der Waals surface area contributed by atoms with Crippen LogP contribution in [0, 0.1) is 13.8 Å². The number of aromatic nitrogens is 2. The number of hydrogen-bond donors (Lipinski definition) is 1. The molecule has 0 bridgehead atoms. The quantitative estimate of drug-likeness (QED) is 0.113. The van der Waals surface area contributed by atoms with E-state index in [1.165, 1.54) is 28.9 Å². The molecular weight excluding hydrogens is 677 g/mol. The maximum atomic E-state index is 12.3. The molecule has 1 aromatic heterocycles. The van der Waals surface area contributed by atoms with Crippen molar-refractivity contribution < 1.29 is 56.7 Å². The first-order valence-electron chi connectivity index (χ1n) is 11.7. The van der Waals surface area contributed by atoms with Gasteiger partial charge in [-0.15, -0.1) is 0 Å². The minimum atomic E-state index is -4.62. The van der Waals surface area contributed by atoms with Crippen molar-refractivity contribution in [3.05, 3.63) is 64.3 Å². The Hall–Kier alpha value is -2.86. The second kappa shape index (κ2) is 13.8. The molecule has 3 rings (SSSR count). The smallest absolute Gasteiger partial charge is 0.382 e. The fraction of sp³-hybridized carbons (Fsp3) is 0.333. The second-order valence-electron chi connectivity index (χ2n) is 8.82. The molecule has 0 atom stereocenters. The first-order chi connectivity index (χ1) is 19.5. The zero-order valence-electron chi connectivity index (χ0n) is 22.0. The van der Waals surface area contributed by atoms with Gasteiger partial charge in [0.05, 0.1) is 35.7 Å². The number of rotatable bonds is 9. The summed E-state index contributed by atoms with van der Waals surface area (Å²) in [6.07, 6.45) is -12.2. The van der Waals surface area contributed by atoms with E-state index in [2.05, 4.69) is 5.10 Å². The van der Waals surface area contributed by atoms with Gasteiger partial charge in [0, 0.05) is 16.1 Å². The van der Waals surface area contributed by atoms with Gasteiger partial charge in [0.25, 0.3) is 15.4 Å². The van der Waals surface area contributed by atoms with E-state index < -0.39 is 62.2 Å². The minimum Gasteiger partial charge on any atom is -0.382 e. The number of carbonyl (C=O) groups excluding carboxylic acids is 1. The van der Waals surface area contributed by atoms with Crippen molar-refractivity contribution in [1.29, 1.82) is 0 Å². The third-order valence-electron chi connectivity index (χ3n) is 5.33. The van der Waals surface area contributed by atoms with Crippen molar-refractivity contribution in [2.24, 2.45) is 0 Å². The van der Waals surface area contributed by atoms with Crippen LogP contribution < -0.4 is 4.18 Å². The summed E-state index contributed by atoms with van der Waals surface area (Å²) >= 11 is 11.7. The zero-order valence-corrected chi connectivity index (χ0v) is 25.1. The molecule has 0 saturated heterocycles. The molecule has 1 N–H and O–H groups in total. The van der Waals surface area contributed by atoms with Crippen LogP contribution in [0.2, 0.25) is 5.02 Å². The standard InChI is InChI=1S/C21H17Cl2F3N2O4S.C3H5F3O3S/c1-12-11-15(22)5-8-17(12)28-19(13(2)18(27-28)20(23)29)14-3-6-16(7-4-14)32-33(30,31)10-9-21(24,25)26;4-3(5,6)1-2-10(7,8)9/h3-8,11H,9-10H2,1-2H3;1-2H2,(H,7,8,9). The highest BCUT2D eigenvalue weighted by atomic mass is 35.5. The van der Waals surface area contributed by atoms with Crippen LogP contribution in [-0.4, -0.2) is 60.3 Å². The Labute approximate surface area is 252 Å². The van der Waals surface area contributed by atoms with Gasteiger partial charge in [-0.25, -0.2) is 4.68 Å². The molecule has 0 saturated carbocycles. The van der Waals surface area contributed by atoms with E-state index in [0.29, 0.717) is 27.5 Å². The molecule has 43 heavy (non-hydrogen) atoms. The van der Waals surface area contributed by atoms with E-state index in [-0.39, 0.29) is 11.4 Å². The Bertz CT molecular complexity index is 1670. The monoisotopic (exact) mass is 698 g/mol. The molecule has 238 valence electrons. The molecule has 0 spiro atoms. The first kappa shape index (κ1) is 36.3. The van der Waals surface area contributed by atoms with E-state index in [0.717, 1.165) is 5.56 Å². The molecule has 19 heteroatoms. The molecule has 0 amide bonds. The van der Waals surface area contributed by atoms with E-state index in [1.54, 1.807) is 25.1 Å². The van der Waals surface area contributed by atoms with Gasteiger partial charge >= 0.3 is 22.5 Å². The van der Waals surface area contributed by atoms with Gasteiger partial charge in [-0.3, -0.25) is 9.35 Å². The van der Waals surface area contributed by atoms with Crippen molar-refractivity contribution in [2.45, 2.75) is 39.0 Å². The van der Waals surface area contributed by atoms with E-state index in [9.17, 15) is 48.0 Å². The Balaban J connectivity index is 0.000000553. The van der Waals surface area contributed by atoms with Gasteiger partial charge in [-0.1, -0.05) is 11.6 Å². The molecule has 2 aromatic carbocycles. The Morgan fingerprint density at radius 2 is 1.47 bits per heavy atom. The SMILES string of the molecule is Cc1cc(Cl)ccc1-n1nc(C(=O)Cl)c(C)c1-c1ccc(OS(=O)(=O)CCC(F)(F)F)cc1.O=S(=O)(O)CCC(F)(F)F. The topological polar surface area (TPSA) is 133 Å². The van der Waals surface area contributed by atoms with Crippen molar-refractivity contribution in [2.75, 3.05) is 11.5 Å². The van der Waals surface area contributed by atoms with Gasteiger partial charge < -0.3 is 4.18 Å². The Morgan fingerprint density at radius 3 is 1.91 bits per heavy atom. The maximum Gasteiger partial charge on any atom is 0.390 e. The summed E-state index contributed by atoms with van der Waals surface area (Å²) < 4.78 is 128. The van der Waals surface area contributed by atoms with Crippen molar-refractivity contribution in [1.82, 2.24) is 9.78 Å². The van der Waals surface area contributed by atoms with Crippen LogP contribution in [-0.2, 0) is 20.2 Å². The number of aryl methyl sites for hydroxylation is 1. The summed E-state index contributed by atoms with van der Waals surface area (Å²) in [6.45, 7) is 3.47. The number of hydrogen-bond acceptors (Lipinski definition) is 7. The third-order valence-corrected chi connectivity index (χ3v) is 7.61. The molecule has 0 unspecified atom stereocenters. The molecule has 0 radical (unpaired) electrons. The minimum absolute atomic E-state index is 0.0380. The lowest BCUT2D eigenvalue weighted by Gasteiger charge is -2.13. The molecule has 0 aliphatic carbocycles. The van der Waals surface area contributed by atoms with Gasteiger partial charge in [0.2, 0.25) is 0 Å². The zero-order chi connectivity index (χ0) is 33.0. The summed E-state index contributed by atoms with van der Waals surface area (Å²) in [5, 5.41) is 4.10. The second-order valence-corrected chi connectivity index (χ2v) is 12.9. The first-order valence-corrected chi connectivity index (χ1v) is 15.6. The average molecular weight is 699 g/mol. The lowest BCUT2D eigenvalue weighted by molar-refractivity contribution is -0.131. The normalized spacial score (nSPS) is 12.4. The molecule has 1 heterocycles. The van der Waals surface area contributed by atoms with Gasteiger partial charge in [-0.05, 0) is 73.5 Å². The summed E-state index contributed by atoms with van der Waals surface area (Å²) in [5.74, 6) is -2.61. The highest BCUT2D eigenvalue weighted by Gasteiger charge is 2.31. The van der Waals surface area contributed by atoms with Crippen molar-refractivity contribution in [3.63, 3.8) is 0 Å². The lowest BCUT2D eigenvalue weighted by atomic mass is 10.1. The highest BCUT2D eigenvalue weighted by Crippen LogP contribution is 2.32. The predicted molar refractivity (Wildman–Crippen MR) is 146 cm³/mol. The van der Waals surface area contributed by atoms with Crippen LogP contribution in [0.25, 0.3) is 16.9 Å². The average Bonchev–Trinajstić information content (AvgIpc) is 3.18. The number of benzene rings is 2. The maximum absolute atomic E-state index is 12.3. The van der Waals surface area contributed by atoms with Crippen LogP contribution in [0.3, 0.4) is 0 Å². The summed E-state index contributed by atoms with van der Waals surface area (Å²) in [4.78, 5) is 11.9. The largest absolute Gasteiger partial charge is 0.390 e. The van der Waals surface area contributed by atoms with E-state index in [1.807, 2.05) is 6.92 Å². The number of nitrogens with zero attached hydrogens (tertiary/aromatic N) is 2. The number of alkyl halides is 6. The van der Waals surface area contributed by atoms with Gasteiger partial charge in [0.15, 0.2) is 0 Å². The Morgan fingerprint density at radius 1 is 0.930 bits per heavy atom. The van der Waals surface area contributed by atoms with Gasteiger partial charge in [0.1, 0.15) is 11.4 Å². The summed E-state index contributed by atoms with van der Waals surface area (Å²) in [7, 11) is -8.91.